The molecule has 6 heteroatoms. The summed E-state index contributed by atoms with van der Waals surface area (Å²) in [5.41, 5.74) is 1.67. The van der Waals surface area contributed by atoms with Crippen molar-refractivity contribution < 1.29 is 23.4 Å². The first-order valence-electron chi connectivity index (χ1n) is 8.27. The number of aromatic hydroxyl groups is 1. The molecule has 4 aromatic rings. The number of rotatable bonds is 3. The van der Waals surface area contributed by atoms with Gasteiger partial charge < -0.3 is 14.4 Å². The Balaban J connectivity index is 2.07. The zero-order valence-electron chi connectivity index (χ0n) is 14.4. The van der Waals surface area contributed by atoms with Gasteiger partial charge in [0.2, 0.25) is 0 Å². The van der Waals surface area contributed by atoms with Gasteiger partial charge in [-0.05, 0) is 30.3 Å². The number of esters is 1. The summed E-state index contributed by atoms with van der Waals surface area (Å²) < 4.78 is 34.5. The molecule has 0 amide bonds. The second-order valence-electron chi connectivity index (χ2n) is 6.16. The number of hydrogen-bond acceptors (Lipinski definition) is 3. The maximum Gasteiger partial charge on any atom is 0.338 e. The second kappa shape index (κ2) is 6.39. The van der Waals surface area contributed by atoms with Gasteiger partial charge in [-0.1, -0.05) is 24.3 Å². The first-order chi connectivity index (χ1) is 13.0. The van der Waals surface area contributed by atoms with Gasteiger partial charge in [0, 0.05) is 10.9 Å². The molecule has 0 radical (unpaired) electrons. The molecule has 27 heavy (non-hydrogen) atoms. The Labute approximate surface area is 153 Å². The van der Waals surface area contributed by atoms with Gasteiger partial charge in [-0.15, -0.1) is 0 Å². The third-order valence-electron chi connectivity index (χ3n) is 4.66. The minimum atomic E-state index is -0.925. The standard InChI is InChI=1S/C21H15F2NO3/c1-27-21(26)13-6-3-8-15-18(13)19-16(9-4-10-17(19)25)24(15)11-12-5-2-7-14(22)20(12)23/h2-10,25H,11H2,1H3. The van der Waals surface area contributed by atoms with E-state index in [1.807, 2.05) is 0 Å². The number of ether oxygens (including phenoxy) is 1. The summed E-state index contributed by atoms with van der Waals surface area (Å²) in [7, 11) is 1.28. The lowest BCUT2D eigenvalue weighted by Crippen LogP contribution is -2.04. The zero-order chi connectivity index (χ0) is 19.1. The highest BCUT2D eigenvalue weighted by Crippen LogP contribution is 2.37. The Hall–Kier alpha value is -3.41. The number of phenols is 1. The van der Waals surface area contributed by atoms with E-state index in [9.17, 15) is 18.7 Å². The first kappa shape index (κ1) is 17.0. The molecular weight excluding hydrogens is 352 g/mol. The SMILES string of the molecule is COC(=O)c1cccc2c1c1c(O)cccc1n2Cc1cccc(F)c1F. The number of methoxy groups -OCH3 is 1. The Morgan fingerprint density at radius 2 is 1.67 bits per heavy atom. The van der Waals surface area contributed by atoms with Gasteiger partial charge >= 0.3 is 5.97 Å². The molecule has 0 saturated carbocycles. The Kier molecular flexibility index (Phi) is 4.03. The predicted molar refractivity (Wildman–Crippen MR) is 97.9 cm³/mol. The summed E-state index contributed by atoms with van der Waals surface area (Å²) in [4.78, 5) is 12.2. The minimum absolute atomic E-state index is 0.00711. The summed E-state index contributed by atoms with van der Waals surface area (Å²) in [5, 5.41) is 11.4. The molecule has 3 aromatic carbocycles. The monoisotopic (exact) mass is 367 g/mol. The van der Waals surface area contributed by atoms with Gasteiger partial charge in [0.25, 0.3) is 0 Å². The van der Waals surface area contributed by atoms with Crippen LogP contribution in [0.2, 0.25) is 0 Å². The van der Waals surface area contributed by atoms with Crippen molar-refractivity contribution in [1.82, 2.24) is 4.57 Å². The van der Waals surface area contributed by atoms with Crippen LogP contribution in [-0.4, -0.2) is 22.8 Å². The molecule has 0 aliphatic rings. The van der Waals surface area contributed by atoms with E-state index in [2.05, 4.69) is 0 Å². The van der Waals surface area contributed by atoms with Crippen molar-refractivity contribution in [2.45, 2.75) is 6.54 Å². The molecule has 4 nitrogen and oxygen atoms in total. The Bertz CT molecular complexity index is 1200. The first-order valence-corrected chi connectivity index (χ1v) is 8.27. The molecular formula is C21H15F2NO3. The average molecular weight is 367 g/mol. The molecule has 0 atom stereocenters. The van der Waals surface area contributed by atoms with Gasteiger partial charge in [0.05, 0.1) is 35.6 Å². The van der Waals surface area contributed by atoms with Crippen molar-refractivity contribution in [3.05, 3.63) is 77.4 Å². The molecule has 0 bridgehead atoms. The second-order valence-corrected chi connectivity index (χ2v) is 6.16. The van der Waals surface area contributed by atoms with Crippen LogP contribution in [0.3, 0.4) is 0 Å². The van der Waals surface area contributed by atoms with Crippen LogP contribution in [0.15, 0.2) is 54.6 Å². The summed E-state index contributed by atoms with van der Waals surface area (Å²) in [6.07, 6.45) is 0. The molecule has 0 saturated heterocycles. The lowest BCUT2D eigenvalue weighted by molar-refractivity contribution is 0.0603. The van der Waals surface area contributed by atoms with E-state index < -0.39 is 17.6 Å². The predicted octanol–water partition coefficient (Wildman–Crippen LogP) is 4.61. The maximum atomic E-state index is 14.2. The average Bonchev–Trinajstić information content (AvgIpc) is 3.00. The van der Waals surface area contributed by atoms with Crippen LogP contribution >= 0.6 is 0 Å². The minimum Gasteiger partial charge on any atom is -0.507 e. The molecule has 0 aliphatic heterocycles. The number of phenolic OH excluding ortho intramolecular Hbond substituents is 1. The van der Waals surface area contributed by atoms with E-state index >= 15 is 0 Å². The molecule has 1 N–H and O–H groups in total. The lowest BCUT2D eigenvalue weighted by atomic mass is 10.1. The quantitative estimate of drug-likeness (QED) is 0.538. The third kappa shape index (κ3) is 2.61. The molecule has 1 aromatic heterocycles. The highest BCUT2D eigenvalue weighted by Gasteiger charge is 2.21. The summed E-state index contributed by atoms with van der Waals surface area (Å²) >= 11 is 0. The fourth-order valence-electron chi connectivity index (χ4n) is 3.46. The van der Waals surface area contributed by atoms with E-state index in [1.165, 1.54) is 25.3 Å². The van der Waals surface area contributed by atoms with Gasteiger partial charge in [-0.2, -0.15) is 0 Å². The van der Waals surface area contributed by atoms with E-state index in [4.69, 9.17) is 4.74 Å². The summed E-state index contributed by atoms with van der Waals surface area (Å²) in [6, 6.07) is 14.0. The Morgan fingerprint density at radius 3 is 2.41 bits per heavy atom. The summed E-state index contributed by atoms with van der Waals surface area (Å²) in [5.74, 6) is -2.39. The van der Waals surface area contributed by atoms with E-state index in [0.717, 1.165) is 6.07 Å². The fraction of sp³-hybridized carbons (Fsp3) is 0.0952. The van der Waals surface area contributed by atoms with Crippen LogP contribution in [0.1, 0.15) is 15.9 Å². The molecule has 1 heterocycles. The number of aromatic nitrogens is 1. The molecule has 0 aliphatic carbocycles. The van der Waals surface area contributed by atoms with Crippen molar-refractivity contribution in [1.29, 1.82) is 0 Å². The van der Waals surface area contributed by atoms with Gasteiger partial charge in [-0.25, -0.2) is 13.6 Å². The van der Waals surface area contributed by atoms with Crippen LogP contribution in [0.5, 0.6) is 5.75 Å². The highest BCUT2D eigenvalue weighted by molar-refractivity contribution is 6.19. The van der Waals surface area contributed by atoms with Crippen molar-refractivity contribution in [2.75, 3.05) is 7.11 Å². The number of halogens is 2. The van der Waals surface area contributed by atoms with Crippen LogP contribution in [-0.2, 0) is 11.3 Å². The van der Waals surface area contributed by atoms with E-state index in [0.29, 0.717) is 27.4 Å². The van der Waals surface area contributed by atoms with Crippen LogP contribution in [0, 0.1) is 11.6 Å². The molecule has 0 fully saturated rings. The van der Waals surface area contributed by atoms with Crippen LogP contribution < -0.4 is 0 Å². The number of hydrogen-bond donors (Lipinski definition) is 1. The fourth-order valence-corrected chi connectivity index (χ4v) is 3.46. The van der Waals surface area contributed by atoms with Gasteiger partial charge in [0.1, 0.15) is 5.75 Å². The number of fused-ring (bicyclic) bond motifs is 3. The van der Waals surface area contributed by atoms with E-state index in [1.54, 1.807) is 34.9 Å². The maximum absolute atomic E-state index is 14.2. The normalized spacial score (nSPS) is 11.2. The number of benzene rings is 3. The number of carbonyl (C=O) groups is 1. The van der Waals surface area contributed by atoms with E-state index in [-0.39, 0.29) is 17.9 Å². The Morgan fingerprint density at radius 1 is 1.00 bits per heavy atom. The van der Waals surface area contributed by atoms with Crippen molar-refractivity contribution >= 4 is 27.8 Å². The third-order valence-corrected chi connectivity index (χ3v) is 4.66. The van der Waals surface area contributed by atoms with Gasteiger partial charge in [-0.3, -0.25) is 0 Å². The lowest BCUT2D eigenvalue weighted by Gasteiger charge is -2.09. The van der Waals surface area contributed by atoms with Crippen molar-refractivity contribution in [3.63, 3.8) is 0 Å². The highest BCUT2D eigenvalue weighted by atomic mass is 19.2. The van der Waals surface area contributed by atoms with Crippen molar-refractivity contribution in [2.24, 2.45) is 0 Å². The smallest absolute Gasteiger partial charge is 0.338 e. The molecule has 0 spiro atoms. The molecule has 0 unspecified atom stereocenters. The number of nitrogens with zero attached hydrogens (tertiary/aromatic N) is 1. The van der Waals surface area contributed by atoms with Crippen LogP contribution in [0.4, 0.5) is 8.78 Å². The molecule has 136 valence electrons. The zero-order valence-corrected chi connectivity index (χ0v) is 14.4. The van der Waals surface area contributed by atoms with Crippen molar-refractivity contribution in [3.8, 4) is 5.75 Å². The molecule has 4 rings (SSSR count). The summed E-state index contributed by atoms with van der Waals surface area (Å²) in [6.45, 7) is 0.0394. The van der Waals surface area contributed by atoms with Gasteiger partial charge in [0.15, 0.2) is 11.6 Å². The topological polar surface area (TPSA) is 51.5 Å². The van der Waals surface area contributed by atoms with Crippen LogP contribution in [0.25, 0.3) is 21.8 Å². The largest absolute Gasteiger partial charge is 0.507 e. The number of carbonyl (C=O) groups excluding carboxylic acids is 1.